The molecule has 6 nitrogen and oxygen atoms in total. The largest absolute Gasteiger partial charge is 0.372 e. The molecule has 1 aliphatic rings. The van der Waals surface area contributed by atoms with Crippen LogP contribution in [0.5, 0.6) is 0 Å². The summed E-state index contributed by atoms with van der Waals surface area (Å²) in [5.74, 6) is -0.324. The Morgan fingerprint density at radius 2 is 1.83 bits per heavy atom. The Kier molecular flexibility index (Phi) is 6.23. The van der Waals surface area contributed by atoms with Gasteiger partial charge in [0.15, 0.2) is 0 Å². The number of anilines is 2. The molecular weight excluding hydrogens is 326 g/mol. The highest BCUT2D eigenvalue weighted by molar-refractivity contribution is 7.88. The molecule has 1 saturated heterocycles. The normalized spacial score (nSPS) is 16.4. The van der Waals surface area contributed by atoms with Gasteiger partial charge in [-0.25, -0.2) is 8.42 Å². The van der Waals surface area contributed by atoms with E-state index in [4.69, 9.17) is 0 Å². The fraction of sp³-hybridized carbons (Fsp3) is 0.588. The number of benzene rings is 1. The summed E-state index contributed by atoms with van der Waals surface area (Å²) in [5, 5.41) is 2.78. The van der Waals surface area contributed by atoms with Crippen LogP contribution in [0.3, 0.4) is 0 Å². The lowest BCUT2D eigenvalue weighted by atomic mass is 10.2. The van der Waals surface area contributed by atoms with Crippen molar-refractivity contribution in [2.24, 2.45) is 0 Å². The summed E-state index contributed by atoms with van der Waals surface area (Å²) in [6.45, 7) is 5.69. The van der Waals surface area contributed by atoms with Gasteiger partial charge in [0.25, 0.3) is 0 Å². The first-order chi connectivity index (χ1) is 11.3. The van der Waals surface area contributed by atoms with Crippen LogP contribution in [0, 0.1) is 0 Å². The van der Waals surface area contributed by atoms with Gasteiger partial charge in [0.2, 0.25) is 15.9 Å². The highest BCUT2D eigenvalue weighted by Crippen LogP contribution is 2.22. The molecule has 134 valence electrons. The fourth-order valence-corrected chi connectivity index (χ4v) is 4.03. The van der Waals surface area contributed by atoms with Gasteiger partial charge in [-0.05, 0) is 50.5 Å². The quantitative estimate of drug-likeness (QED) is 0.816. The van der Waals surface area contributed by atoms with E-state index in [1.165, 1.54) is 17.1 Å². The standard InChI is InChI=1S/C17H27N3O3S/c1-4-14(2)20(24(3,22)23)13-17(21)18-15-7-9-16(10-8-15)19-11-5-6-12-19/h7-10,14H,4-6,11-13H2,1-3H3,(H,18,21). The summed E-state index contributed by atoms with van der Waals surface area (Å²) in [4.78, 5) is 14.5. The van der Waals surface area contributed by atoms with Crippen molar-refractivity contribution in [2.75, 3.05) is 36.1 Å². The van der Waals surface area contributed by atoms with E-state index in [0.717, 1.165) is 25.0 Å². The SMILES string of the molecule is CCC(C)N(CC(=O)Nc1ccc(N2CCCC2)cc1)S(C)(=O)=O. The Labute approximate surface area is 144 Å². The molecule has 1 heterocycles. The highest BCUT2D eigenvalue weighted by atomic mass is 32.2. The smallest absolute Gasteiger partial charge is 0.239 e. The highest BCUT2D eigenvalue weighted by Gasteiger charge is 2.24. The molecule has 0 spiro atoms. The number of carbonyl (C=O) groups is 1. The van der Waals surface area contributed by atoms with Gasteiger partial charge in [0, 0.05) is 30.5 Å². The predicted molar refractivity (Wildman–Crippen MR) is 97.8 cm³/mol. The minimum absolute atomic E-state index is 0.165. The molecule has 1 aromatic carbocycles. The van der Waals surface area contributed by atoms with Gasteiger partial charge in [-0.2, -0.15) is 4.31 Å². The van der Waals surface area contributed by atoms with Gasteiger partial charge in [-0.15, -0.1) is 0 Å². The van der Waals surface area contributed by atoms with Crippen molar-refractivity contribution in [2.45, 2.75) is 39.2 Å². The maximum Gasteiger partial charge on any atom is 0.239 e. The van der Waals surface area contributed by atoms with Gasteiger partial charge in [-0.3, -0.25) is 4.79 Å². The number of carbonyl (C=O) groups excluding carboxylic acids is 1. The molecule has 2 rings (SSSR count). The maximum absolute atomic E-state index is 12.2. The van der Waals surface area contributed by atoms with Crippen LogP contribution in [0.2, 0.25) is 0 Å². The number of hydrogen-bond donors (Lipinski definition) is 1. The zero-order chi connectivity index (χ0) is 17.7. The average Bonchev–Trinajstić information content (AvgIpc) is 3.06. The van der Waals surface area contributed by atoms with Crippen molar-refractivity contribution < 1.29 is 13.2 Å². The Bertz CT molecular complexity index is 652. The van der Waals surface area contributed by atoms with E-state index in [9.17, 15) is 13.2 Å². The Balaban J connectivity index is 1.98. The van der Waals surface area contributed by atoms with Crippen molar-refractivity contribution >= 4 is 27.3 Å². The van der Waals surface area contributed by atoms with Crippen LogP contribution in [0.15, 0.2) is 24.3 Å². The third-order valence-electron chi connectivity index (χ3n) is 4.43. The van der Waals surface area contributed by atoms with E-state index < -0.39 is 10.0 Å². The van der Waals surface area contributed by atoms with E-state index in [1.54, 1.807) is 6.92 Å². The summed E-state index contributed by atoms with van der Waals surface area (Å²) in [7, 11) is -3.42. The third-order valence-corrected chi connectivity index (χ3v) is 5.77. The molecular formula is C17H27N3O3S. The molecule has 1 atom stereocenters. The number of amides is 1. The molecule has 0 aromatic heterocycles. The van der Waals surface area contributed by atoms with Gasteiger partial charge in [0.1, 0.15) is 0 Å². The second-order valence-corrected chi connectivity index (χ2v) is 8.29. The molecule has 7 heteroatoms. The maximum atomic E-state index is 12.2. The van der Waals surface area contributed by atoms with Crippen LogP contribution in [0.1, 0.15) is 33.1 Å². The van der Waals surface area contributed by atoms with Crippen LogP contribution in [0.25, 0.3) is 0 Å². The Morgan fingerprint density at radius 1 is 1.25 bits per heavy atom. The number of hydrogen-bond acceptors (Lipinski definition) is 4. The van der Waals surface area contributed by atoms with Crippen LogP contribution >= 0.6 is 0 Å². The van der Waals surface area contributed by atoms with E-state index in [2.05, 4.69) is 10.2 Å². The summed E-state index contributed by atoms with van der Waals surface area (Å²) < 4.78 is 24.9. The van der Waals surface area contributed by atoms with Crippen molar-refractivity contribution in [1.29, 1.82) is 0 Å². The van der Waals surface area contributed by atoms with Gasteiger partial charge >= 0.3 is 0 Å². The lowest BCUT2D eigenvalue weighted by Crippen LogP contribution is -2.42. The van der Waals surface area contributed by atoms with E-state index in [0.29, 0.717) is 12.1 Å². The lowest BCUT2D eigenvalue weighted by Gasteiger charge is -2.25. The van der Waals surface area contributed by atoms with Crippen molar-refractivity contribution in [3.05, 3.63) is 24.3 Å². The second kappa shape index (κ2) is 7.98. The van der Waals surface area contributed by atoms with Crippen LogP contribution < -0.4 is 10.2 Å². The second-order valence-electron chi connectivity index (χ2n) is 6.35. The number of sulfonamides is 1. The van der Waals surface area contributed by atoms with Crippen LogP contribution in [-0.2, 0) is 14.8 Å². The average molecular weight is 353 g/mol. The van der Waals surface area contributed by atoms with Crippen LogP contribution in [-0.4, -0.2) is 50.6 Å². The first-order valence-corrected chi connectivity index (χ1v) is 10.3. The van der Waals surface area contributed by atoms with Crippen LogP contribution in [0.4, 0.5) is 11.4 Å². The third kappa shape index (κ3) is 4.95. The topological polar surface area (TPSA) is 69.7 Å². The zero-order valence-electron chi connectivity index (χ0n) is 14.7. The number of nitrogens with one attached hydrogen (secondary N) is 1. The van der Waals surface area contributed by atoms with E-state index in [-0.39, 0.29) is 18.5 Å². The molecule has 24 heavy (non-hydrogen) atoms. The predicted octanol–water partition coefficient (Wildman–Crippen LogP) is 2.29. The minimum atomic E-state index is -3.42. The van der Waals surface area contributed by atoms with Gasteiger partial charge in [0.05, 0.1) is 12.8 Å². The first kappa shape index (κ1) is 18.7. The molecule has 0 aliphatic carbocycles. The van der Waals surface area contributed by atoms with Gasteiger partial charge < -0.3 is 10.2 Å². The fourth-order valence-electron chi connectivity index (χ4n) is 2.88. The molecule has 0 radical (unpaired) electrons. The Morgan fingerprint density at radius 3 is 2.33 bits per heavy atom. The van der Waals surface area contributed by atoms with Crippen molar-refractivity contribution in [3.8, 4) is 0 Å². The molecule has 0 bridgehead atoms. The summed E-state index contributed by atoms with van der Waals surface area (Å²) in [6.07, 6.45) is 4.23. The van der Waals surface area contributed by atoms with Crippen molar-refractivity contribution in [1.82, 2.24) is 4.31 Å². The van der Waals surface area contributed by atoms with Crippen molar-refractivity contribution in [3.63, 3.8) is 0 Å². The minimum Gasteiger partial charge on any atom is -0.372 e. The van der Waals surface area contributed by atoms with E-state index >= 15 is 0 Å². The lowest BCUT2D eigenvalue weighted by molar-refractivity contribution is -0.116. The monoisotopic (exact) mass is 353 g/mol. The molecule has 1 N–H and O–H groups in total. The number of nitrogens with zero attached hydrogens (tertiary/aromatic N) is 2. The molecule has 1 unspecified atom stereocenters. The zero-order valence-corrected chi connectivity index (χ0v) is 15.5. The molecule has 1 aliphatic heterocycles. The first-order valence-electron chi connectivity index (χ1n) is 8.43. The number of rotatable bonds is 7. The van der Waals surface area contributed by atoms with E-state index in [1.807, 2.05) is 31.2 Å². The Hall–Kier alpha value is -1.60. The summed E-state index contributed by atoms with van der Waals surface area (Å²) in [6, 6.07) is 7.50. The molecule has 1 aromatic rings. The molecule has 1 fully saturated rings. The van der Waals surface area contributed by atoms with Gasteiger partial charge in [-0.1, -0.05) is 6.92 Å². The molecule has 0 saturated carbocycles. The summed E-state index contributed by atoms with van der Waals surface area (Å²) in [5.41, 5.74) is 1.84. The molecule has 1 amide bonds. The summed E-state index contributed by atoms with van der Waals surface area (Å²) >= 11 is 0.